The number of pyridine rings is 1. The van der Waals surface area contributed by atoms with Crippen molar-refractivity contribution in [2.75, 3.05) is 7.05 Å². The zero-order valence-corrected chi connectivity index (χ0v) is 13.5. The van der Waals surface area contributed by atoms with Crippen LogP contribution in [0.1, 0.15) is 23.3 Å². The monoisotopic (exact) mass is 318 g/mol. The molecular formula is C20H18N2O2. The van der Waals surface area contributed by atoms with E-state index in [1.165, 1.54) is 16.8 Å². The number of rotatable bonds is 3. The molecule has 0 amide bonds. The molecule has 2 aromatic heterocycles. The third-order valence-corrected chi connectivity index (χ3v) is 4.51. The molecule has 3 aromatic rings. The van der Waals surface area contributed by atoms with Crippen LogP contribution >= 0.6 is 0 Å². The molecule has 24 heavy (non-hydrogen) atoms. The fourth-order valence-corrected chi connectivity index (χ4v) is 3.32. The van der Waals surface area contributed by atoms with Gasteiger partial charge in [-0.3, -0.25) is 9.98 Å². The molecule has 4 rings (SSSR count). The Balaban J connectivity index is 1.84. The molecule has 1 aliphatic carbocycles. The number of furan rings is 1. The topological polar surface area (TPSA) is 58.6 Å². The van der Waals surface area contributed by atoms with Gasteiger partial charge in [0, 0.05) is 36.3 Å². The van der Waals surface area contributed by atoms with Crippen LogP contribution in [0.5, 0.6) is 0 Å². The standard InChI is InChI=1S/C20H18N2O2/c1-21-19-5-3-14-10-15(2-4-17(14)19)18-11-16(12-23)24-20(18)13-6-8-22-9-7-13/h2,4,6-11,23H,3,5,12H2,1H3/b21-19+. The highest BCUT2D eigenvalue weighted by atomic mass is 16.4. The van der Waals surface area contributed by atoms with E-state index in [1.54, 1.807) is 12.4 Å². The van der Waals surface area contributed by atoms with Gasteiger partial charge in [0.25, 0.3) is 0 Å². The second kappa shape index (κ2) is 6.06. The van der Waals surface area contributed by atoms with E-state index in [4.69, 9.17) is 4.42 Å². The summed E-state index contributed by atoms with van der Waals surface area (Å²) in [6, 6.07) is 12.2. The summed E-state index contributed by atoms with van der Waals surface area (Å²) in [5.74, 6) is 1.33. The van der Waals surface area contributed by atoms with Crippen LogP contribution in [0.3, 0.4) is 0 Å². The Labute approximate surface area is 140 Å². The summed E-state index contributed by atoms with van der Waals surface area (Å²) in [6.45, 7) is -0.115. The minimum absolute atomic E-state index is 0.115. The van der Waals surface area contributed by atoms with Crippen molar-refractivity contribution >= 4 is 5.71 Å². The van der Waals surface area contributed by atoms with Crippen molar-refractivity contribution in [1.29, 1.82) is 0 Å². The van der Waals surface area contributed by atoms with Crippen molar-refractivity contribution in [2.45, 2.75) is 19.4 Å². The molecule has 2 heterocycles. The van der Waals surface area contributed by atoms with Gasteiger partial charge in [0.15, 0.2) is 0 Å². The van der Waals surface area contributed by atoms with Crippen LogP contribution in [-0.2, 0) is 13.0 Å². The lowest BCUT2D eigenvalue weighted by Gasteiger charge is -2.06. The molecule has 0 bridgehead atoms. The predicted octanol–water partition coefficient (Wildman–Crippen LogP) is 3.87. The zero-order valence-electron chi connectivity index (χ0n) is 13.5. The minimum atomic E-state index is -0.115. The first-order chi connectivity index (χ1) is 11.8. The van der Waals surface area contributed by atoms with Crippen molar-refractivity contribution < 1.29 is 9.52 Å². The normalized spacial score (nSPS) is 15.0. The Kier molecular flexibility index (Phi) is 3.75. The largest absolute Gasteiger partial charge is 0.458 e. The van der Waals surface area contributed by atoms with Crippen LogP contribution in [0.15, 0.2) is 58.2 Å². The Morgan fingerprint density at radius 1 is 1.04 bits per heavy atom. The van der Waals surface area contributed by atoms with Gasteiger partial charge in [-0.2, -0.15) is 0 Å². The fourth-order valence-electron chi connectivity index (χ4n) is 3.32. The molecule has 4 heteroatoms. The molecule has 0 saturated carbocycles. The van der Waals surface area contributed by atoms with Crippen LogP contribution in [0.2, 0.25) is 0 Å². The summed E-state index contributed by atoms with van der Waals surface area (Å²) in [4.78, 5) is 8.43. The summed E-state index contributed by atoms with van der Waals surface area (Å²) in [6.07, 6.45) is 5.50. The number of aliphatic hydroxyl groups excluding tert-OH is 1. The summed E-state index contributed by atoms with van der Waals surface area (Å²) in [7, 11) is 1.85. The van der Waals surface area contributed by atoms with Crippen molar-refractivity contribution in [2.24, 2.45) is 4.99 Å². The van der Waals surface area contributed by atoms with Crippen LogP contribution in [0, 0.1) is 0 Å². The average molecular weight is 318 g/mol. The van der Waals surface area contributed by atoms with E-state index in [0.717, 1.165) is 35.3 Å². The van der Waals surface area contributed by atoms with Crippen molar-refractivity contribution in [1.82, 2.24) is 4.98 Å². The fraction of sp³-hybridized carbons (Fsp3) is 0.200. The maximum atomic E-state index is 9.47. The number of nitrogens with zero attached hydrogens (tertiary/aromatic N) is 2. The van der Waals surface area contributed by atoms with Gasteiger partial charge < -0.3 is 9.52 Å². The lowest BCUT2D eigenvalue weighted by molar-refractivity contribution is 0.248. The molecule has 0 atom stereocenters. The van der Waals surface area contributed by atoms with Crippen LogP contribution < -0.4 is 0 Å². The van der Waals surface area contributed by atoms with Gasteiger partial charge in [-0.15, -0.1) is 0 Å². The number of hydrogen-bond acceptors (Lipinski definition) is 4. The third kappa shape index (κ3) is 2.45. The molecule has 0 aliphatic heterocycles. The number of aryl methyl sites for hydroxylation is 1. The number of benzene rings is 1. The van der Waals surface area contributed by atoms with Crippen LogP contribution in [0.25, 0.3) is 22.5 Å². The second-order valence-corrected chi connectivity index (χ2v) is 5.89. The molecule has 1 aliphatic rings. The molecule has 0 spiro atoms. The zero-order chi connectivity index (χ0) is 16.5. The second-order valence-electron chi connectivity index (χ2n) is 5.89. The van der Waals surface area contributed by atoms with E-state index in [-0.39, 0.29) is 6.61 Å². The molecule has 1 N–H and O–H groups in total. The number of aliphatic hydroxyl groups is 1. The van der Waals surface area contributed by atoms with Crippen molar-refractivity contribution in [3.8, 4) is 22.5 Å². The van der Waals surface area contributed by atoms with Crippen LogP contribution in [-0.4, -0.2) is 22.8 Å². The van der Waals surface area contributed by atoms with E-state index < -0.39 is 0 Å². The Morgan fingerprint density at radius 2 is 1.88 bits per heavy atom. The first-order valence-electron chi connectivity index (χ1n) is 8.03. The molecular weight excluding hydrogens is 300 g/mol. The number of aromatic nitrogens is 1. The number of fused-ring (bicyclic) bond motifs is 1. The van der Waals surface area contributed by atoms with E-state index in [2.05, 4.69) is 28.2 Å². The SMILES string of the molecule is C/N=C1\CCc2cc(-c3cc(CO)oc3-c3ccncc3)ccc21. The van der Waals surface area contributed by atoms with Gasteiger partial charge in [0.2, 0.25) is 0 Å². The van der Waals surface area contributed by atoms with Crippen molar-refractivity contribution in [3.05, 3.63) is 65.7 Å². The molecule has 0 unspecified atom stereocenters. The first kappa shape index (κ1) is 14.8. The first-order valence-corrected chi connectivity index (χ1v) is 8.03. The summed E-state index contributed by atoms with van der Waals surface area (Å²) < 4.78 is 5.86. The molecule has 0 radical (unpaired) electrons. The Hall–Kier alpha value is -2.72. The number of hydrogen-bond donors (Lipinski definition) is 1. The summed E-state index contributed by atoms with van der Waals surface area (Å²) >= 11 is 0. The van der Waals surface area contributed by atoms with Gasteiger partial charge in [-0.05, 0) is 47.7 Å². The Bertz CT molecular complexity index is 911. The Morgan fingerprint density at radius 3 is 2.62 bits per heavy atom. The highest BCUT2D eigenvalue weighted by molar-refractivity contribution is 6.05. The van der Waals surface area contributed by atoms with Crippen molar-refractivity contribution in [3.63, 3.8) is 0 Å². The maximum Gasteiger partial charge on any atom is 0.142 e. The molecule has 0 saturated heterocycles. The average Bonchev–Trinajstić information content (AvgIpc) is 3.25. The van der Waals surface area contributed by atoms with Gasteiger partial charge in [0.1, 0.15) is 18.1 Å². The predicted molar refractivity (Wildman–Crippen MR) is 94.1 cm³/mol. The molecule has 0 fully saturated rings. The lowest BCUT2D eigenvalue weighted by Crippen LogP contribution is -1.93. The minimum Gasteiger partial charge on any atom is -0.458 e. The third-order valence-electron chi connectivity index (χ3n) is 4.51. The van der Waals surface area contributed by atoms with Gasteiger partial charge >= 0.3 is 0 Å². The van der Waals surface area contributed by atoms with Gasteiger partial charge in [-0.25, -0.2) is 0 Å². The maximum absolute atomic E-state index is 9.47. The highest BCUT2D eigenvalue weighted by Gasteiger charge is 2.20. The number of aliphatic imine (C=N–C) groups is 1. The van der Waals surface area contributed by atoms with E-state index in [0.29, 0.717) is 5.76 Å². The van der Waals surface area contributed by atoms with Gasteiger partial charge in [-0.1, -0.05) is 18.2 Å². The summed E-state index contributed by atoms with van der Waals surface area (Å²) in [5.41, 5.74) is 6.79. The summed E-state index contributed by atoms with van der Waals surface area (Å²) in [5, 5.41) is 9.47. The molecule has 120 valence electrons. The quantitative estimate of drug-likeness (QED) is 0.797. The highest BCUT2D eigenvalue weighted by Crippen LogP contribution is 2.37. The van der Waals surface area contributed by atoms with Crippen LogP contribution in [0.4, 0.5) is 0 Å². The van der Waals surface area contributed by atoms with E-state index >= 15 is 0 Å². The molecule has 4 nitrogen and oxygen atoms in total. The van der Waals surface area contributed by atoms with E-state index in [1.807, 2.05) is 25.2 Å². The van der Waals surface area contributed by atoms with E-state index in [9.17, 15) is 5.11 Å². The molecule has 1 aromatic carbocycles. The van der Waals surface area contributed by atoms with Gasteiger partial charge in [0.05, 0.1) is 0 Å². The lowest BCUT2D eigenvalue weighted by atomic mass is 9.98. The smallest absolute Gasteiger partial charge is 0.142 e.